The molecule has 5 N–H and O–H groups in total. The van der Waals surface area contributed by atoms with Gasteiger partial charge in [-0.05, 0) is 6.92 Å². The van der Waals surface area contributed by atoms with Crippen molar-refractivity contribution in [2.24, 2.45) is 5.92 Å². The highest BCUT2D eigenvalue weighted by Gasteiger charge is 2.27. The molecular weight excluding hydrogens is 276 g/mol. The third-order valence-electron chi connectivity index (χ3n) is 1.97. The van der Waals surface area contributed by atoms with Gasteiger partial charge in [-0.3, -0.25) is 19.2 Å². The van der Waals surface area contributed by atoms with Gasteiger partial charge in [0.05, 0.1) is 30.8 Å². The zero-order chi connectivity index (χ0) is 16.5. The lowest BCUT2D eigenvalue weighted by atomic mass is 9.99. The summed E-state index contributed by atoms with van der Waals surface area (Å²) in [5, 5.41) is 41.7. The van der Waals surface area contributed by atoms with E-state index in [1.54, 1.807) is 0 Å². The highest BCUT2D eigenvalue weighted by molar-refractivity contribution is 5.77. The van der Waals surface area contributed by atoms with Crippen LogP contribution in [-0.2, 0) is 19.2 Å². The number of hydrogen-bond donors (Lipinski definition) is 5. The smallest absolute Gasteiger partial charge is 0.306 e. The highest BCUT2D eigenvalue weighted by Crippen LogP contribution is 2.13. The van der Waals surface area contributed by atoms with Crippen molar-refractivity contribution in [2.45, 2.75) is 38.7 Å². The van der Waals surface area contributed by atoms with Gasteiger partial charge < -0.3 is 25.5 Å². The molecule has 0 bridgehead atoms. The van der Waals surface area contributed by atoms with Crippen LogP contribution in [0.3, 0.4) is 0 Å². The van der Waals surface area contributed by atoms with Crippen LogP contribution in [0, 0.1) is 5.92 Å². The van der Waals surface area contributed by atoms with Crippen LogP contribution in [0.4, 0.5) is 0 Å². The summed E-state index contributed by atoms with van der Waals surface area (Å²) < 4.78 is 0. The van der Waals surface area contributed by atoms with Crippen molar-refractivity contribution in [1.82, 2.24) is 0 Å². The molecule has 0 heterocycles. The zero-order valence-corrected chi connectivity index (χ0v) is 11.1. The average molecular weight is 294 g/mol. The average Bonchev–Trinajstić information content (AvgIpc) is 2.11. The highest BCUT2D eigenvalue weighted by atomic mass is 16.4. The third-order valence-corrected chi connectivity index (χ3v) is 1.97. The van der Waals surface area contributed by atoms with Gasteiger partial charge in [0.2, 0.25) is 0 Å². The maximum Gasteiger partial charge on any atom is 0.306 e. The molecule has 20 heavy (non-hydrogen) atoms. The minimum Gasteiger partial charge on any atom is -0.481 e. The maximum atomic E-state index is 10.0. The summed E-state index contributed by atoms with van der Waals surface area (Å²) >= 11 is 0. The van der Waals surface area contributed by atoms with Crippen LogP contribution in [0.2, 0.25) is 0 Å². The summed E-state index contributed by atoms with van der Waals surface area (Å²) in [5.74, 6) is -5.36. The molecule has 0 saturated carbocycles. The summed E-state index contributed by atoms with van der Waals surface area (Å²) in [7, 11) is 0. The maximum absolute atomic E-state index is 10.0. The Kier molecular flexibility index (Phi) is 8.93. The Morgan fingerprint density at radius 1 is 0.900 bits per heavy atom. The molecular formula is C11H18O9. The summed E-state index contributed by atoms with van der Waals surface area (Å²) in [6, 6.07) is 0. The molecule has 9 nitrogen and oxygen atoms in total. The molecule has 9 heteroatoms. The Balaban J connectivity index is 0. The number of rotatable bonds is 7. The molecule has 0 aromatic rings. The van der Waals surface area contributed by atoms with Crippen molar-refractivity contribution in [3.05, 3.63) is 0 Å². The molecule has 0 aliphatic heterocycles. The number of aliphatic carboxylic acids is 4. The van der Waals surface area contributed by atoms with Crippen LogP contribution < -0.4 is 0 Å². The van der Waals surface area contributed by atoms with Gasteiger partial charge in [-0.25, -0.2) is 0 Å². The van der Waals surface area contributed by atoms with E-state index >= 15 is 0 Å². The van der Waals surface area contributed by atoms with E-state index in [2.05, 4.69) is 0 Å². The normalized spacial score (nSPS) is 11.8. The molecule has 0 aromatic heterocycles. The lowest BCUT2D eigenvalue weighted by Gasteiger charge is -2.17. The van der Waals surface area contributed by atoms with Gasteiger partial charge in [-0.1, -0.05) is 6.92 Å². The van der Waals surface area contributed by atoms with Crippen molar-refractivity contribution >= 4 is 23.9 Å². The monoisotopic (exact) mass is 294 g/mol. The predicted octanol–water partition coefficient (Wildman–Crippen LogP) is -0.131. The molecule has 1 unspecified atom stereocenters. The molecule has 1 atom stereocenters. The second kappa shape index (κ2) is 8.86. The molecule has 0 saturated heterocycles. The van der Waals surface area contributed by atoms with Gasteiger partial charge in [0.25, 0.3) is 0 Å². The predicted molar refractivity (Wildman–Crippen MR) is 64.2 cm³/mol. The van der Waals surface area contributed by atoms with Crippen molar-refractivity contribution < 1.29 is 44.7 Å². The van der Waals surface area contributed by atoms with Gasteiger partial charge >= 0.3 is 23.9 Å². The fraction of sp³-hybridized carbons (Fsp3) is 0.636. The summed E-state index contributed by atoms with van der Waals surface area (Å²) in [4.78, 5) is 39.9. The van der Waals surface area contributed by atoms with Gasteiger partial charge in [0, 0.05) is 0 Å². The van der Waals surface area contributed by atoms with Gasteiger partial charge in [-0.2, -0.15) is 0 Å². The fourth-order valence-corrected chi connectivity index (χ4v) is 1.06. The first-order valence-electron chi connectivity index (χ1n) is 5.48. The van der Waals surface area contributed by atoms with Crippen molar-refractivity contribution in [1.29, 1.82) is 0 Å². The van der Waals surface area contributed by atoms with Crippen LogP contribution in [0.5, 0.6) is 0 Å². The molecule has 0 aliphatic carbocycles. The van der Waals surface area contributed by atoms with E-state index in [-0.39, 0.29) is 6.42 Å². The zero-order valence-electron chi connectivity index (χ0n) is 11.1. The van der Waals surface area contributed by atoms with Crippen molar-refractivity contribution in [3.63, 3.8) is 0 Å². The van der Waals surface area contributed by atoms with Crippen LogP contribution in [0.1, 0.15) is 33.1 Å². The fourth-order valence-electron chi connectivity index (χ4n) is 1.06. The van der Waals surface area contributed by atoms with E-state index in [9.17, 15) is 19.2 Å². The van der Waals surface area contributed by atoms with E-state index in [0.717, 1.165) is 0 Å². The van der Waals surface area contributed by atoms with Gasteiger partial charge in [-0.15, -0.1) is 0 Å². The van der Waals surface area contributed by atoms with E-state index < -0.39 is 48.2 Å². The first-order valence-corrected chi connectivity index (χ1v) is 5.48. The first kappa shape index (κ1) is 20.2. The number of hydrogen-bond acceptors (Lipinski definition) is 5. The van der Waals surface area contributed by atoms with E-state index in [1.165, 1.54) is 13.8 Å². The van der Waals surface area contributed by atoms with Crippen LogP contribution in [-0.4, -0.2) is 55.0 Å². The first-order chi connectivity index (χ1) is 8.87. The van der Waals surface area contributed by atoms with E-state index in [1.807, 2.05) is 0 Å². The van der Waals surface area contributed by atoms with Crippen LogP contribution >= 0.6 is 0 Å². The molecule has 0 radical (unpaired) electrons. The Hall–Kier alpha value is -2.16. The number of aliphatic hydroxyl groups is 1. The largest absolute Gasteiger partial charge is 0.481 e. The number of carbonyl (C=O) groups is 4. The van der Waals surface area contributed by atoms with E-state index in [4.69, 9.17) is 25.5 Å². The molecule has 0 spiro atoms. The third kappa shape index (κ3) is 13.9. The van der Waals surface area contributed by atoms with Gasteiger partial charge in [0.15, 0.2) is 0 Å². The molecule has 116 valence electrons. The molecule has 0 rings (SSSR count). The summed E-state index contributed by atoms with van der Waals surface area (Å²) in [6.45, 7) is 2.53. The summed E-state index contributed by atoms with van der Waals surface area (Å²) in [5.41, 5.74) is -1.66. The Bertz CT molecular complexity index is 354. The topological polar surface area (TPSA) is 169 Å². The summed E-state index contributed by atoms with van der Waals surface area (Å²) in [6.07, 6.45) is -1.42. The Morgan fingerprint density at radius 2 is 1.25 bits per heavy atom. The lowest BCUT2D eigenvalue weighted by Crippen LogP contribution is -2.30. The SMILES string of the molecule is CC(CC(=O)O)C(=O)O.CC(O)(CC(=O)O)CC(=O)O. The minimum absolute atomic E-state index is 0.310. The van der Waals surface area contributed by atoms with E-state index in [0.29, 0.717) is 0 Å². The minimum atomic E-state index is -1.66. The lowest BCUT2D eigenvalue weighted by molar-refractivity contribution is -0.147. The molecule has 0 aromatic carbocycles. The molecule has 0 fully saturated rings. The second-order valence-electron chi connectivity index (χ2n) is 4.48. The standard InChI is InChI=1S/C6H10O5.C5H8O4/c1-6(11,2-4(7)8)3-5(9)10;1-3(5(8)9)2-4(6)7/h11H,2-3H2,1H3,(H,7,8)(H,9,10);3H,2H2,1H3,(H,6,7)(H,8,9). The van der Waals surface area contributed by atoms with Crippen LogP contribution in [0.25, 0.3) is 0 Å². The van der Waals surface area contributed by atoms with Crippen LogP contribution in [0.15, 0.2) is 0 Å². The molecule has 0 aliphatic rings. The van der Waals surface area contributed by atoms with Gasteiger partial charge in [0.1, 0.15) is 0 Å². The number of carboxylic acids is 4. The quantitative estimate of drug-likeness (QED) is 0.429. The second-order valence-corrected chi connectivity index (χ2v) is 4.48. The molecule has 0 amide bonds. The van der Waals surface area contributed by atoms with Crippen molar-refractivity contribution in [3.8, 4) is 0 Å². The Labute approximate surface area is 114 Å². The Morgan fingerprint density at radius 3 is 1.40 bits per heavy atom. The number of carboxylic acid groups (broad SMARTS) is 4. The van der Waals surface area contributed by atoms with Crippen molar-refractivity contribution in [2.75, 3.05) is 0 Å².